The molecule has 6 rings (SSSR count). The third kappa shape index (κ3) is 4.98. The standard InChI is InChI=1S/C29H29FN6O3S/c1-19(2)20-5-9-24(10-6-20)40(37,38)35-15-12-23(13-16-35)32-28-31-14-11-25(33-28)27-26(21-3-7-22(30)8-4-21)34-29-36(27)17-18-39-29/h3-11,14,17-19,23H,12-13,15-16H2,1-2H3,(H,31,32,33). The molecule has 0 amide bonds. The van der Waals surface area contributed by atoms with E-state index in [1.54, 1.807) is 57.7 Å². The summed E-state index contributed by atoms with van der Waals surface area (Å²) in [5, 5.41) is 3.38. The van der Waals surface area contributed by atoms with E-state index in [9.17, 15) is 12.8 Å². The number of sulfonamides is 1. The van der Waals surface area contributed by atoms with Crippen LogP contribution >= 0.6 is 0 Å². The number of hydrogen-bond donors (Lipinski definition) is 1. The predicted octanol–water partition coefficient (Wildman–Crippen LogP) is 5.58. The molecule has 1 fully saturated rings. The molecular formula is C29H29FN6O3S. The van der Waals surface area contributed by atoms with Crippen molar-refractivity contribution in [1.29, 1.82) is 0 Å². The number of halogens is 1. The molecule has 4 heterocycles. The van der Waals surface area contributed by atoms with Crippen molar-refractivity contribution >= 4 is 21.8 Å². The molecule has 11 heteroatoms. The number of hydrogen-bond acceptors (Lipinski definition) is 7. The van der Waals surface area contributed by atoms with E-state index in [0.29, 0.717) is 65.6 Å². The minimum Gasteiger partial charge on any atom is -0.432 e. The zero-order valence-electron chi connectivity index (χ0n) is 22.2. The Bertz CT molecular complexity index is 1740. The topological polar surface area (TPSA) is 106 Å². The first-order valence-corrected chi connectivity index (χ1v) is 14.6. The van der Waals surface area contributed by atoms with E-state index in [2.05, 4.69) is 29.1 Å². The van der Waals surface area contributed by atoms with Gasteiger partial charge in [0.15, 0.2) is 0 Å². The molecule has 0 aliphatic carbocycles. The Morgan fingerprint density at radius 1 is 1.00 bits per heavy atom. The molecule has 0 spiro atoms. The van der Waals surface area contributed by atoms with Crippen molar-refractivity contribution in [3.8, 4) is 22.6 Å². The van der Waals surface area contributed by atoms with Crippen molar-refractivity contribution in [3.05, 3.63) is 84.6 Å². The van der Waals surface area contributed by atoms with Gasteiger partial charge in [-0.15, -0.1) is 0 Å². The van der Waals surface area contributed by atoms with Gasteiger partial charge in [-0.25, -0.2) is 22.8 Å². The zero-order valence-corrected chi connectivity index (χ0v) is 23.0. The van der Waals surface area contributed by atoms with Crippen LogP contribution in [-0.2, 0) is 10.0 Å². The average molecular weight is 561 g/mol. The summed E-state index contributed by atoms with van der Waals surface area (Å²) in [6.07, 6.45) is 6.21. The normalized spacial score (nSPS) is 15.2. The van der Waals surface area contributed by atoms with Crippen LogP contribution in [0.3, 0.4) is 0 Å². The molecule has 206 valence electrons. The molecule has 2 aromatic carbocycles. The summed E-state index contributed by atoms with van der Waals surface area (Å²) in [4.78, 5) is 14.1. The van der Waals surface area contributed by atoms with Crippen molar-refractivity contribution < 1.29 is 17.2 Å². The highest BCUT2D eigenvalue weighted by atomic mass is 32.2. The number of nitrogens with zero attached hydrogens (tertiary/aromatic N) is 5. The minimum absolute atomic E-state index is 0.0148. The maximum absolute atomic E-state index is 13.6. The van der Waals surface area contributed by atoms with E-state index in [-0.39, 0.29) is 11.9 Å². The van der Waals surface area contributed by atoms with Gasteiger partial charge in [0.2, 0.25) is 16.0 Å². The SMILES string of the molecule is CC(C)c1ccc(S(=O)(=O)N2CCC(Nc3nccc(-c4c(-c5ccc(F)cc5)nc5occn45)n3)CC2)cc1. The predicted molar refractivity (Wildman–Crippen MR) is 150 cm³/mol. The Balaban J connectivity index is 1.18. The molecule has 1 saturated heterocycles. The van der Waals surface area contributed by atoms with Crippen molar-refractivity contribution in [3.63, 3.8) is 0 Å². The van der Waals surface area contributed by atoms with E-state index in [4.69, 9.17) is 9.40 Å². The van der Waals surface area contributed by atoms with Crippen LogP contribution in [0.1, 0.15) is 38.2 Å². The van der Waals surface area contributed by atoms with Gasteiger partial charge in [-0.05, 0) is 66.8 Å². The van der Waals surface area contributed by atoms with Crippen LogP contribution in [0.2, 0.25) is 0 Å². The summed E-state index contributed by atoms with van der Waals surface area (Å²) in [5.74, 6) is 0.847. The fourth-order valence-corrected chi connectivity index (χ4v) is 6.47. The lowest BCUT2D eigenvalue weighted by Crippen LogP contribution is -2.42. The first kappa shape index (κ1) is 26.1. The molecule has 0 saturated carbocycles. The number of fused-ring (bicyclic) bond motifs is 1. The second kappa shape index (κ2) is 10.5. The van der Waals surface area contributed by atoms with Gasteiger partial charge in [0.25, 0.3) is 0 Å². The second-order valence-electron chi connectivity index (χ2n) is 10.2. The van der Waals surface area contributed by atoms with Gasteiger partial charge in [0.1, 0.15) is 23.5 Å². The number of piperidine rings is 1. The number of nitrogens with one attached hydrogen (secondary N) is 1. The first-order chi connectivity index (χ1) is 19.3. The zero-order chi connectivity index (χ0) is 27.9. The van der Waals surface area contributed by atoms with Crippen LogP contribution in [-0.4, -0.2) is 51.2 Å². The van der Waals surface area contributed by atoms with E-state index >= 15 is 0 Å². The van der Waals surface area contributed by atoms with Crippen molar-refractivity contribution in [2.75, 3.05) is 18.4 Å². The average Bonchev–Trinajstić information content (AvgIpc) is 3.56. The van der Waals surface area contributed by atoms with Gasteiger partial charge in [0, 0.05) is 37.1 Å². The van der Waals surface area contributed by atoms with E-state index < -0.39 is 10.0 Å². The van der Waals surface area contributed by atoms with Gasteiger partial charge in [-0.1, -0.05) is 26.0 Å². The lowest BCUT2D eigenvalue weighted by Gasteiger charge is -2.31. The molecule has 5 aromatic rings. The van der Waals surface area contributed by atoms with Crippen molar-refractivity contribution in [1.82, 2.24) is 23.7 Å². The number of imidazole rings is 1. The van der Waals surface area contributed by atoms with Crippen LogP contribution in [0.5, 0.6) is 0 Å². The molecule has 1 aliphatic rings. The Kier molecular flexibility index (Phi) is 6.85. The summed E-state index contributed by atoms with van der Waals surface area (Å²) >= 11 is 0. The van der Waals surface area contributed by atoms with E-state index in [0.717, 1.165) is 11.1 Å². The summed E-state index contributed by atoms with van der Waals surface area (Å²) in [6.45, 7) is 4.97. The van der Waals surface area contributed by atoms with Gasteiger partial charge < -0.3 is 9.73 Å². The summed E-state index contributed by atoms with van der Waals surface area (Å²) in [6, 6.07) is 15.1. The van der Waals surface area contributed by atoms with Crippen LogP contribution in [0.4, 0.5) is 10.3 Å². The Hall–Kier alpha value is -4.09. The maximum Gasteiger partial charge on any atom is 0.306 e. The van der Waals surface area contributed by atoms with E-state index in [1.165, 1.54) is 12.1 Å². The summed E-state index contributed by atoms with van der Waals surface area (Å²) < 4.78 is 48.8. The summed E-state index contributed by atoms with van der Waals surface area (Å²) in [7, 11) is -3.55. The molecule has 0 radical (unpaired) electrons. The Morgan fingerprint density at radius 2 is 1.73 bits per heavy atom. The smallest absolute Gasteiger partial charge is 0.306 e. The number of rotatable bonds is 7. The maximum atomic E-state index is 13.6. The molecule has 9 nitrogen and oxygen atoms in total. The Labute approximate surface area is 231 Å². The van der Waals surface area contributed by atoms with Gasteiger partial charge in [-0.3, -0.25) is 4.40 Å². The quantitative estimate of drug-likeness (QED) is 0.277. The number of aromatic nitrogens is 4. The molecule has 1 N–H and O–H groups in total. The van der Waals surface area contributed by atoms with Crippen LogP contribution in [0.25, 0.3) is 28.5 Å². The van der Waals surface area contributed by atoms with Crippen LogP contribution in [0, 0.1) is 5.82 Å². The molecule has 3 aromatic heterocycles. The van der Waals surface area contributed by atoms with Crippen molar-refractivity contribution in [2.24, 2.45) is 0 Å². The molecule has 0 unspecified atom stereocenters. The summed E-state index contributed by atoms with van der Waals surface area (Å²) in [5.41, 5.74) is 3.78. The first-order valence-electron chi connectivity index (χ1n) is 13.2. The van der Waals surface area contributed by atoms with Crippen LogP contribution in [0.15, 0.2) is 82.6 Å². The monoisotopic (exact) mass is 560 g/mol. The van der Waals surface area contributed by atoms with Gasteiger partial charge in [-0.2, -0.15) is 9.29 Å². The Morgan fingerprint density at radius 3 is 2.42 bits per heavy atom. The fourth-order valence-electron chi connectivity index (χ4n) is 5.00. The molecule has 1 aliphatic heterocycles. The fraction of sp³-hybridized carbons (Fsp3) is 0.276. The largest absolute Gasteiger partial charge is 0.432 e. The molecule has 0 atom stereocenters. The van der Waals surface area contributed by atoms with Crippen molar-refractivity contribution in [2.45, 2.75) is 43.5 Å². The molecule has 40 heavy (non-hydrogen) atoms. The lowest BCUT2D eigenvalue weighted by molar-refractivity contribution is 0.329. The second-order valence-corrected chi connectivity index (χ2v) is 12.1. The van der Waals surface area contributed by atoms with E-state index in [1.807, 2.05) is 12.1 Å². The number of anilines is 1. The molecule has 0 bridgehead atoms. The van der Waals surface area contributed by atoms with Gasteiger partial charge in [0.05, 0.1) is 10.6 Å². The highest BCUT2D eigenvalue weighted by Crippen LogP contribution is 2.33. The van der Waals surface area contributed by atoms with Crippen LogP contribution < -0.4 is 5.32 Å². The lowest BCUT2D eigenvalue weighted by atomic mass is 10.0. The highest BCUT2D eigenvalue weighted by molar-refractivity contribution is 7.89. The molecular weight excluding hydrogens is 531 g/mol. The highest BCUT2D eigenvalue weighted by Gasteiger charge is 2.30. The number of oxazole rings is 1. The van der Waals surface area contributed by atoms with Gasteiger partial charge >= 0.3 is 5.84 Å². The number of benzene rings is 2. The third-order valence-electron chi connectivity index (χ3n) is 7.25. The minimum atomic E-state index is -3.55. The third-order valence-corrected chi connectivity index (χ3v) is 9.16.